The molecule has 0 unspecified atom stereocenters. The highest BCUT2D eigenvalue weighted by atomic mass is 32.2. The molecule has 0 radical (unpaired) electrons. The van der Waals surface area contributed by atoms with Crippen LogP contribution in [0, 0.1) is 5.92 Å². The summed E-state index contributed by atoms with van der Waals surface area (Å²) in [6.45, 7) is 4.22. The third-order valence-corrected chi connectivity index (χ3v) is 8.35. The number of nitrogens with zero attached hydrogens (tertiary/aromatic N) is 1. The number of esters is 1. The van der Waals surface area contributed by atoms with Crippen LogP contribution in [0.2, 0.25) is 0 Å². The Hall–Kier alpha value is -2.13. The van der Waals surface area contributed by atoms with Crippen molar-refractivity contribution in [1.82, 2.24) is 10.2 Å². The summed E-state index contributed by atoms with van der Waals surface area (Å²) >= 11 is 1.02. The number of nitrogens with one attached hydrogen (secondary N) is 1. The largest absolute Gasteiger partial charge is 0.504 e. The van der Waals surface area contributed by atoms with Gasteiger partial charge < -0.3 is 45.4 Å². The first-order valence-electron chi connectivity index (χ1n) is 13.1. The molecule has 2 saturated heterocycles. The average molecular weight is 573 g/mol. The normalized spacial score (nSPS) is 31.0. The molecule has 0 saturated carbocycles. The number of hydrogen-bond acceptors (Lipinski definition) is 12. The van der Waals surface area contributed by atoms with Gasteiger partial charge in [-0.1, -0.05) is 13.3 Å². The van der Waals surface area contributed by atoms with Crippen molar-refractivity contribution in [3.8, 4) is 11.5 Å². The monoisotopic (exact) mass is 572 g/mol. The van der Waals surface area contributed by atoms with Crippen molar-refractivity contribution >= 4 is 23.6 Å². The Morgan fingerprint density at radius 1 is 1.18 bits per heavy atom. The van der Waals surface area contributed by atoms with Gasteiger partial charge in [-0.25, -0.2) is 4.79 Å². The van der Waals surface area contributed by atoms with Gasteiger partial charge in [0.15, 0.2) is 11.5 Å². The summed E-state index contributed by atoms with van der Waals surface area (Å²) in [6.07, 6.45) is -4.31. The van der Waals surface area contributed by atoms with Crippen LogP contribution in [0.3, 0.4) is 0 Å². The van der Waals surface area contributed by atoms with E-state index in [-0.39, 0.29) is 29.6 Å². The zero-order valence-corrected chi connectivity index (χ0v) is 23.2. The van der Waals surface area contributed by atoms with Crippen molar-refractivity contribution in [2.24, 2.45) is 5.92 Å². The van der Waals surface area contributed by atoms with Gasteiger partial charge in [-0.2, -0.15) is 0 Å². The number of ether oxygens (including phenoxy) is 2. The molecule has 2 fully saturated rings. The van der Waals surface area contributed by atoms with Gasteiger partial charge in [-0.05, 0) is 50.9 Å². The van der Waals surface area contributed by atoms with Gasteiger partial charge in [0.05, 0.1) is 23.8 Å². The van der Waals surface area contributed by atoms with Crippen LogP contribution in [0.5, 0.6) is 11.5 Å². The number of phenols is 2. The molecule has 3 rings (SSSR count). The molecule has 0 aromatic heterocycles. The Kier molecular flexibility index (Phi) is 11.2. The number of thioether (sulfide) groups is 1. The molecule has 0 aliphatic carbocycles. The molecule has 2 heterocycles. The topological polar surface area (TPSA) is 189 Å². The number of aliphatic hydroxyl groups excluding tert-OH is 4. The number of likely N-dealkylation sites (tertiary alicyclic amines) is 1. The third kappa shape index (κ3) is 7.75. The van der Waals surface area contributed by atoms with Crippen LogP contribution in [0.4, 0.5) is 0 Å². The number of benzene rings is 1. The Morgan fingerprint density at radius 2 is 1.90 bits per heavy atom. The summed E-state index contributed by atoms with van der Waals surface area (Å²) in [5, 5.41) is 63.8. The lowest BCUT2D eigenvalue weighted by molar-refractivity contribution is -0.211. The predicted molar refractivity (Wildman–Crippen MR) is 142 cm³/mol. The first kappa shape index (κ1) is 31.4. The number of likely N-dealkylation sites (N-methyl/N-ethyl adjacent to an activating group) is 1. The number of phenolic OH excluding ortho intramolecular Hbond substituents is 2. The zero-order chi connectivity index (χ0) is 28.9. The van der Waals surface area contributed by atoms with Crippen LogP contribution in [0.25, 0.3) is 0 Å². The highest BCUT2D eigenvalue weighted by molar-refractivity contribution is 7.99. The molecule has 1 aromatic carbocycles. The van der Waals surface area contributed by atoms with Gasteiger partial charge in [0.2, 0.25) is 5.91 Å². The molecule has 13 heteroatoms. The number of rotatable bonds is 11. The minimum absolute atomic E-state index is 0.0345. The highest BCUT2D eigenvalue weighted by Crippen LogP contribution is 2.32. The molecule has 1 amide bonds. The molecule has 2 aliphatic rings. The van der Waals surface area contributed by atoms with Gasteiger partial charge in [0, 0.05) is 12.3 Å². The van der Waals surface area contributed by atoms with E-state index in [2.05, 4.69) is 12.2 Å². The second-order valence-corrected chi connectivity index (χ2v) is 11.5. The van der Waals surface area contributed by atoms with Gasteiger partial charge in [0.1, 0.15) is 36.5 Å². The number of amides is 1. The third-order valence-electron chi connectivity index (χ3n) is 7.23. The van der Waals surface area contributed by atoms with E-state index in [0.717, 1.165) is 43.3 Å². The molecule has 9 atom stereocenters. The quantitative estimate of drug-likeness (QED) is 0.105. The second kappa shape index (κ2) is 14.0. The van der Waals surface area contributed by atoms with E-state index < -0.39 is 59.8 Å². The summed E-state index contributed by atoms with van der Waals surface area (Å²) < 4.78 is 11.0. The molecule has 1 aromatic rings. The molecule has 2 aliphatic heterocycles. The van der Waals surface area contributed by atoms with Crippen LogP contribution in [-0.4, -0.2) is 121 Å². The molecule has 39 heavy (non-hydrogen) atoms. The molecular weight excluding hydrogens is 532 g/mol. The lowest BCUT2D eigenvalue weighted by Gasteiger charge is -2.44. The van der Waals surface area contributed by atoms with Gasteiger partial charge in [-0.15, -0.1) is 11.8 Å². The van der Waals surface area contributed by atoms with Crippen molar-refractivity contribution in [3.63, 3.8) is 0 Å². The number of aliphatic hydroxyl groups is 4. The maximum Gasteiger partial charge on any atom is 0.338 e. The molecular formula is C26H40N2O10S. The standard InChI is InChI=1S/C26H40N2O10S/c1-4-5-14-10-16(28(3)12-14)24(35)27-19(13(2)29)23-21(33)20(32)22(34)26(38-23)39-9-8-37-25(36)15-6-7-17(30)18(31)11-15/h6-7,11,13-14,16,19-23,26,29-34H,4-5,8-10,12H2,1-3H3,(H,27,35)/t13-,14-,16+,19-,20+,21-,22-,23-,26-/m1/s1. The Balaban J connectivity index is 1.59. The Morgan fingerprint density at radius 3 is 2.54 bits per heavy atom. The van der Waals surface area contributed by atoms with Crippen molar-refractivity contribution in [2.75, 3.05) is 26.0 Å². The van der Waals surface area contributed by atoms with Crippen LogP contribution < -0.4 is 5.32 Å². The van der Waals surface area contributed by atoms with Crippen molar-refractivity contribution in [3.05, 3.63) is 23.8 Å². The van der Waals surface area contributed by atoms with Crippen molar-refractivity contribution in [1.29, 1.82) is 0 Å². The summed E-state index contributed by atoms with van der Waals surface area (Å²) in [5.41, 5.74) is -1.02. The predicted octanol–water partition coefficient (Wildman–Crippen LogP) is -0.219. The fourth-order valence-electron chi connectivity index (χ4n) is 5.11. The maximum absolute atomic E-state index is 13.1. The zero-order valence-electron chi connectivity index (χ0n) is 22.3. The minimum atomic E-state index is -1.61. The summed E-state index contributed by atoms with van der Waals surface area (Å²) in [4.78, 5) is 27.3. The second-order valence-electron chi connectivity index (χ2n) is 10.3. The Labute approximate surface area is 231 Å². The van der Waals surface area contributed by atoms with Gasteiger partial charge >= 0.3 is 5.97 Å². The van der Waals surface area contributed by atoms with E-state index in [1.165, 1.54) is 13.0 Å². The highest BCUT2D eigenvalue weighted by Gasteiger charge is 2.48. The molecule has 0 bridgehead atoms. The summed E-state index contributed by atoms with van der Waals surface area (Å²) in [5.74, 6) is -1.34. The molecule has 12 nitrogen and oxygen atoms in total. The van der Waals surface area contributed by atoms with E-state index in [0.29, 0.717) is 12.3 Å². The minimum Gasteiger partial charge on any atom is -0.504 e. The first-order chi connectivity index (χ1) is 18.4. The first-order valence-corrected chi connectivity index (χ1v) is 14.2. The van der Waals surface area contributed by atoms with Crippen LogP contribution in [0.15, 0.2) is 18.2 Å². The number of aromatic hydroxyl groups is 2. The van der Waals surface area contributed by atoms with E-state index >= 15 is 0 Å². The van der Waals surface area contributed by atoms with Gasteiger partial charge in [-0.3, -0.25) is 9.69 Å². The van der Waals surface area contributed by atoms with E-state index in [1.807, 2.05) is 11.9 Å². The smallest absolute Gasteiger partial charge is 0.338 e. The van der Waals surface area contributed by atoms with Crippen molar-refractivity contribution < 1.29 is 49.7 Å². The summed E-state index contributed by atoms with van der Waals surface area (Å²) in [6, 6.07) is 2.06. The van der Waals surface area contributed by atoms with Crippen LogP contribution >= 0.6 is 11.8 Å². The van der Waals surface area contributed by atoms with Gasteiger partial charge in [0.25, 0.3) is 0 Å². The lowest BCUT2D eigenvalue weighted by Crippen LogP contribution is -2.65. The SMILES string of the molecule is CCC[C@@H]1C[C@@H](C(=O)N[C@@H]([C@H]2O[C@H](SCCOC(=O)c3ccc(O)c(O)c3)[C@H](O)[C@@H](O)[C@H]2O)[C@@H](C)O)N(C)C1. The van der Waals surface area contributed by atoms with E-state index in [4.69, 9.17) is 9.47 Å². The lowest BCUT2D eigenvalue weighted by atomic mass is 9.92. The maximum atomic E-state index is 13.1. The molecule has 0 spiro atoms. The number of carbonyl (C=O) groups excluding carboxylic acids is 2. The number of hydrogen-bond donors (Lipinski definition) is 7. The van der Waals surface area contributed by atoms with E-state index in [1.54, 1.807) is 0 Å². The number of carbonyl (C=O) groups is 2. The van der Waals surface area contributed by atoms with E-state index in [9.17, 15) is 40.2 Å². The fourth-order valence-corrected chi connectivity index (χ4v) is 6.08. The molecule has 220 valence electrons. The Bertz CT molecular complexity index is 982. The fraction of sp³-hybridized carbons (Fsp3) is 0.692. The van der Waals surface area contributed by atoms with Crippen LogP contribution in [-0.2, 0) is 14.3 Å². The average Bonchev–Trinajstić information content (AvgIpc) is 3.26. The summed E-state index contributed by atoms with van der Waals surface area (Å²) in [7, 11) is 1.87. The van der Waals surface area contributed by atoms with Crippen LogP contribution in [0.1, 0.15) is 43.5 Å². The molecule has 7 N–H and O–H groups in total. The van der Waals surface area contributed by atoms with Crippen molar-refractivity contribution in [2.45, 2.75) is 81.1 Å².